The molecule has 0 saturated heterocycles. The zero-order chi connectivity index (χ0) is 21.1. The van der Waals surface area contributed by atoms with Crippen molar-refractivity contribution in [2.24, 2.45) is 10.2 Å². The van der Waals surface area contributed by atoms with E-state index in [9.17, 15) is 14.4 Å². The van der Waals surface area contributed by atoms with Crippen LogP contribution in [0, 0.1) is 13.8 Å². The molecule has 1 aromatic carbocycles. The molecule has 0 aliphatic heterocycles. The number of hydrogen-bond donors (Lipinski definition) is 3. The summed E-state index contributed by atoms with van der Waals surface area (Å²) in [4.78, 5) is 42.9. The zero-order valence-corrected chi connectivity index (χ0v) is 16.2. The molecule has 0 amide bonds. The monoisotopic (exact) mass is 396 g/mol. The maximum Gasteiger partial charge on any atom is 0.335 e. The molecular weight excluding hydrogens is 376 g/mol. The molecule has 0 saturated carbocycles. The van der Waals surface area contributed by atoms with Gasteiger partial charge < -0.3 is 5.11 Å². The van der Waals surface area contributed by atoms with E-state index < -0.39 is 11.5 Å². The van der Waals surface area contributed by atoms with Gasteiger partial charge in [-0.3, -0.25) is 19.7 Å². The Kier molecular flexibility index (Phi) is 5.53. The van der Waals surface area contributed by atoms with Crippen LogP contribution < -0.4 is 11.1 Å². The number of carboxylic acid groups (broad SMARTS) is 1. The highest BCUT2D eigenvalue weighted by Crippen LogP contribution is 2.19. The van der Waals surface area contributed by atoms with E-state index in [2.05, 4.69) is 25.3 Å². The highest BCUT2D eigenvalue weighted by atomic mass is 16.4. The van der Waals surface area contributed by atoms with Crippen molar-refractivity contribution in [3.63, 3.8) is 0 Å². The smallest absolute Gasteiger partial charge is 0.335 e. The number of nitrogens with zero attached hydrogens (tertiary/aromatic N) is 4. The van der Waals surface area contributed by atoms with Crippen molar-refractivity contribution in [2.45, 2.75) is 33.6 Å². The Balaban J connectivity index is 1.96. The lowest BCUT2D eigenvalue weighted by Crippen LogP contribution is -2.24. The van der Waals surface area contributed by atoms with Crippen LogP contribution in [0.3, 0.4) is 0 Å². The fraction of sp³-hybridized carbons (Fsp3) is 0.263. The lowest BCUT2D eigenvalue weighted by Gasteiger charge is -2.06. The van der Waals surface area contributed by atoms with E-state index in [1.165, 1.54) is 24.3 Å². The second-order valence-electron chi connectivity index (χ2n) is 6.48. The number of rotatable bonds is 6. The third-order valence-corrected chi connectivity index (χ3v) is 4.34. The largest absolute Gasteiger partial charge is 0.478 e. The van der Waals surface area contributed by atoms with Gasteiger partial charge in [0.15, 0.2) is 5.69 Å². The molecule has 3 rings (SSSR count). The van der Waals surface area contributed by atoms with Crippen molar-refractivity contribution in [2.75, 3.05) is 0 Å². The van der Waals surface area contributed by atoms with Gasteiger partial charge in [0, 0.05) is 5.56 Å². The van der Waals surface area contributed by atoms with E-state index in [0.717, 1.165) is 11.1 Å². The minimum atomic E-state index is -1.04. The fourth-order valence-corrected chi connectivity index (χ4v) is 2.83. The van der Waals surface area contributed by atoms with Crippen LogP contribution in [0.1, 0.15) is 40.7 Å². The maximum atomic E-state index is 12.7. The Morgan fingerprint density at radius 2 is 1.86 bits per heavy atom. The Labute approximate surface area is 165 Å². The molecule has 0 aliphatic rings. The van der Waals surface area contributed by atoms with E-state index in [1.54, 1.807) is 13.8 Å². The summed E-state index contributed by atoms with van der Waals surface area (Å²) in [7, 11) is 0. The summed E-state index contributed by atoms with van der Waals surface area (Å²) in [6, 6.07) is 5.77. The summed E-state index contributed by atoms with van der Waals surface area (Å²) >= 11 is 0. The number of aryl methyl sites for hydroxylation is 2. The van der Waals surface area contributed by atoms with Gasteiger partial charge in [0.2, 0.25) is 5.95 Å². The van der Waals surface area contributed by atoms with Crippen LogP contribution in [0.5, 0.6) is 0 Å². The van der Waals surface area contributed by atoms with Crippen LogP contribution in [0.2, 0.25) is 0 Å². The van der Waals surface area contributed by atoms with Gasteiger partial charge in [-0.25, -0.2) is 9.78 Å². The standard InChI is InChI=1S/C19H20N6O4/c1-4-5-14-10(2)20-19(21-16(14)26)25-17(27)15(11(3)24-25)23-22-13-8-6-12(7-9-13)18(28)29/h6-9,24H,4-5H2,1-3H3,(H,28,29)(H,20,21,26). The van der Waals surface area contributed by atoms with Gasteiger partial charge in [-0.15, -0.1) is 5.11 Å². The van der Waals surface area contributed by atoms with E-state index in [-0.39, 0.29) is 22.8 Å². The van der Waals surface area contributed by atoms with Crippen molar-refractivity contribution in [3.05, 3.63) is 67.5 Å². The van der Waals surface area contributed by atoms with Gasteiger partial charge in [-0.1, -0.05) is 13.3 Å². The van der Waals surface area contributed by atoms with Gasteiger partial charge >= 0.3 is 11.5 Å². The van der Waals surface area contributed by atoms with Crippen molar-refractivity contribution >= 4 is 17.3 Å². The summed E-state index contributed by atoms with van der Waals surface area (Å²) in [5.74, 6) is -0.965. The molecule has 2 aromatic heterocycles. The van der Waals surface area contributed by atoms with E-state index >= 15 is 0 Å². The van der Waals surface area contributed by atoms with Crippen LogP contribution in [-0.4, -0.2) is 30.8 Å². The Morgan fingerprint density at radius 3 is 2.45 bits per heavy atom. The average molecular weight is 396 g/mol. The fourth-order valence-electron chi connectivity index (χ4n) is 2.83. The number of nitrogens with one attached hydrogen (secondary N) is 2. The first kappa shape index (κ1) is 19.9. The lowest BCUT2D eigenvalue weighted by atomic mass is 10.1. The van der Waals surface area contributed by atoms with Gasteiger partial charge in [-0.2, -0.15) is 9.80 Å². The predicted octanol–water partition coefficient (Wildman–Crippen LogP) is 2.93. The first-order chi connectivity index (χ1) is 13.8. The third kappa shape index (κ3) is 4.05. The van der Waals surface area contributed by atoms with E-state index in [1.807, 2.05) is 6.92 Å². The molecule has 0 atom stereocenters. The number of benzene rings is 1. The van der Waals surface area contributed by atoms with Gasteiger partial charge in [0.05, 0.1) is 22.6 Å². The minimum Gasteiger partial charge on any atom is -0.478 e. The van der Waals surface area contributed by atoms with Crippen LogP contribution in [0.25, 0.3) is 5.95 Å². The van der Waals surface area contributed by atoms with Crippen LogP contribution >= 0.6 is 0 Å². The molecule has 150 valence electrons. The first-order valence-electron chi connectivity index (χ1n) is 8.98. The van der Waals surface area contributed by atoms with Gasteiger partial charge in [0.1, 0.15) is 0 Å². The molecule has 3 N–H and O–H groups in total. The number of azo groups is 1. The Bertz CT molecular complexity index is 1200. The summed E-state index contributed by atoms with van der Waals surface area (Å²) < 4.78 is 1.11. The molecule has 0 fully saturated rings. The molecular formula is C19H20N6O4. The van der Waals surface area contributed by atoms with Crippen LogP contribution in [0.15, 0.2) is 44.1 Å². The van der Waals surface area contributed by atoms with Gasteiger partial charge in [-0.05, 0) is 44.5 Å². The number of carboxylic acids is 1. The normalized spacial score (nSPS) is 11.3. The Morgan fingerprint density at radius 1 is 1.17 bits per heavy atom. The summed E-state index contributed by atoms with van der Waals surface area (Å²) in [5.41, 5.74) is 1.39. The molecule has 0 spiro atoms. The lowest BCUT2D eigenvalue weighted by molar-refractivity contribution is 0.0697. The van der Waals surface area contributed by atoms with Crippen molar-refractivity contribution in [1.29, 1.82) is 0 Å². The van der Waals surface area contributed by atoms with Crippen molar-refractivity contribution in [1.82, 2.24) is 19.7 Å². The highest BCUT2D eigenvalue weighted by Gasteiger charge is 2.16. The average Bonchev–Trinajstić information content (AvgIpc) is 2.97. The maximum absolute atomic E-state index is 12.7. The summed E-state index contributed by atoms with van der Waals surface area (Å²) in [5, 5.41) is 19.7. The molecule has 0 radical (unpaired) electrons. The molecule has 10 nitrogen and oxygen atoms in total. The number of aromatic amines is 2. The topological polar surface area (TPSA) is 146 Å². The van der Waals surface area contributed by atoms with Gasteiger partial charge in [0.25, 0.3) is 5.56 Å². The Hall–Kier alpha value is -3.82. The van der Waals surface area contributed by atoms with Crippen LogP contribution in [-0.2, 0) is 6.42 Å². The number of hydrogen-bond acceptors (Lipinski definition) is 6. The first-order valence-corrected chi connectivity index (χ1v) is 8.98. The summed E-state index contributed by atoms with van der Waals surface area (Å²) in [6.45, 7) is 5.35. The highest BCUT2D eigenvalue weighted by molar-refractivity contribution is 5.87. The number of aromatic nitrogens is 4. The quantitative estimate of drug-likeness (QED) is 0.548. The van der Waals surface area contributed by atoms with E-state index in [4.69, 9.17) is 5.11 Å². The second kappa shape index (κ2) is 8.05. The van der Waals surface area contributed by atoms with Crippen molar-refractivity contribution in [3.8, 4) is 5.95 Å². The molecule has 0 aliphatic carbocycles. The summed E-state index contributed by atoms with van der Waals surface area (Å²) in [6.07, 6.45) is 1.41. The molecule has 0 bridgehead atoms. The second-order valence-corrected chi connectivity index (χ2v) is 6.48. The zero-order valence-electron chi connectivity index (χ0n) is 16.2. The van der Waals surface area contributed by atoms with E-state index in [0.29, 0.717) is 29.1 Å². The van der Waals surface area contributed by atoms with Crippen LogP contribution in [0.4, 0.5) is 11.4 Å². The SMILES string of the molecule is CCCc1c(C)nc(-n2[nH]c(C)c(N=Nc3ccc(C(=O)O)cc3)c2=O)[nH]c1=O. The predicted molar refractivity (Wildman–Crippen MR) is 106 cm³/mol. The number of carbonyl (C=O) groups is 1. The molecule has 0 unspecified atom stereocenters. The third-order valence-electron chi connectivity index (χ3n) is 4.34. The number of aromatic carboxylic acids is 1. The molecule has 10 heteroatoms. The molecule has 29 heavy (non-hydrogen) atoms. The molecule has 2 heterocycles. The minimum absolute atomic E-state index is 0.0604. The van der Waals surface area contributed by atoms with Crippen molar-refractivity contribution < 1.29 is 9.90 Å². The number of H-pyrrole nitrogens is 2. The molecule has 3 aromatic rings.